The van der Waals surface area contributed by atoms with Crippen molar-refractivity contribution in [1.82, 2.24) is 0 Å². The minimum absolute atomic E-state index is 0.731. The monoisotopic (exact) mass is 618 g/mol. The predicted octanol–water partition coefficient (Wildman–Crippen LogP) is 12.0. The number of carbonyl (C=O) groups excluding carboxylic acids is 1. The molecule has 0 spiro atoms. The molecule has 0 aliphatic carbocycles. The van der Waals surface area contributed by atoms with Crippen molar-refractivity contribution in [3.05, 3.63) is 95.6 Å². The summed E-state index contributed by atoms with van der Waals surface area (Å²) in [7, 11) is 0. The molecule has 0 amide bonds. The van der Waals surface area contributed by atoms with Crippen molar-refractivity contribution in [2.45, 2.75) is 84.8 Å². The minimum Gasteiger partial charge on any atom is -0.340 e. The maximum atomic E-state index is 11.5. The number of anilines is 4. The van der Waals surface area contributed by atoms with Crippen LogP contribution < -0.4 is 9.80 Å². The van der Waals surface area contributed by atoms with E-state index in [-0.39, 0.29) is 0 Å². The highest BCUT2D eigenvalue weighted by Crippen LogP contribution is 2.50. The maximum Gasteiger partial charge on any atom is 0.150 e. The summed E-state index contributed by atoms with van der Waals surface area (Å²) in [6.07, 6.45) is 15.3. The lowest BCUT2D eigenvalue weighted by atomic mass is 10.1. The molecular formula is C39H42N2OS2. The zero-order valence-electron chi connectivity index (χ0n) is 25.9. The average Bonchev–Trinajstić information content (AvgIpc) is 3.06. The van der Waals surface area contributed by atoms with Crippen molar-refractivity contribution < 1.29 is 4.79 Å². The normalized spacial score (nSPS) is 13.4. The molecule has 0 fully saturated rings. The van der Waals surface area contributed by atoms with Crippen LogP contribution in [-0.2, 0) is 0 Å². The Morgan fingerprint density at radius 1 is 0.523 bits per heavy atom. The van der Waals surface area contributed by atoms with Gasteiger partial charge in [0, 0.05) is 38.2 Å². The average molecular weight is 619 g/mol. The quantitative estimate of drug-likeness (QED) is 0.0843. The Morgan fingerprint density at radius 2 is 0.977 bits per heavy atom. The summed E-state index contributed by atoms with van der Waals surface area (Å²) in [5.41, 5.74) is 8.25. The highest BCUT2D eigenvalue weighted by molar-refractivity contribution is 8.00. The third kappa shape index (κ3) is 6.79. The van der Waals surface area contributed by atoms with E-state index in [0.717, 1.165) is 36.3 Å². The van der Waals surface area contributed by atoms with Gasteiger partial charge in [-0.05, 0) is 78.6 Å². The molecule has 4 aromatic carbocycles. The number of fused-ring (bicyclic) bond motifs is 4. The van der Waals surface area contributed by atoms with Crippen molar-refractivity contribution in [3.63, 3.8) is 0 Å². The molecule has 2 aliphatic heterocycles. The van der Waals surface area contributed by atoms with Crippen molar-refractivity contribution >= 4 is 64.7 Å². The number of hydrogen-bond donors (Lipinski definition) is 0. The van der Waals surface area contributed by atoms with E-state index in [0.29, 0.717) is 0 Å². The molecule has 0 unspecified atom stereocenters. The maximum absolute atomic E-state index is 11.5. The van der Waals surface area contributed by atoms with Crippen LogP contribution >= 0.6 is 23.5 Å². The van der Waals surface area contributed by atoms with Crippen molar-refractivity contribution in [3.8, 4) is 0 Å². The number of benzene rings is 4. The van der Waals surface area contributed by atoms with Crippen LogP contribution in [0.4, 0.5) is 22.7 Å². The van der Waals surface area contributed by atoms with Gasteiger partial charge in [0.05, 0.1) is 22.7 Å². The topological polar surface area (TPSA) is 23.6 Å². The van der Waals surface area contributed by atoms with Crippen molar-refractivity contribution in [2.75, 3.05) is 22.9 Å². The molecule has 2 heterocycles. The van der Waals surface area contributed by atoms with Crippen LogP contribution in [0.5, 0.6) is 0 Å². The Balaban J connectivity index is 1.24. The van der Waals surface area contributed by atoms with E-state index in [1.54, 1.807) is 11.8 Å². The molecule has 0 saturated heterocycles. The van der Waals surface area contributed by atoms with Gasteiger partial charge in [-0.2, -0.15) is 0 Å². The first-order chi connectivity index (χ1) is 21.7. The van der Waals surface area contributed by atoms with Crippen LogP contribution in [-0.4, -0.2) is 19.4 Å². The second-order valence-corrected chi connectivity index (χ2v) is 13.9. The van der Waals surface area contributed by atoms with E-state index >= 15 is 0 Å². The molecule has 0 N–H and O–H groups in total. The first-order valence-corrected chi connectivity index (χ1v) is 17.9. The molecular weight excluding hydrogens is 577 g/mol. The van der Waals surface area contributed by atoms with Gasteiger partial charge in [0.25, 0.3) is 0 Å². The van der Waals surface area contributed by atoms with Gasteiger partial charge in [-0.15, -0.1) is 0 Å². The fraction of sp³-hybridized carbons (Fsp3) is 0.308. The number of aldehydes is 1. The Bertz CT molecular complexity index is 1650. The largest absolute Gasteiger partial charge is 0.340 e. The number of unbranched alkanes of at least 4 members (excludes halogenated alkanes) is 6. The summed E-state index contributed by atoms with van der Waals surface area (Å²) in [6.45, 7) is 6.57. The van der Waals surface area contributed by atoms with Gasteiger partial charge in [-0.25, -0.2) is 0 Å². The standard InChI is InChI=1S/C39H42N2OS2/c1-3-5-7-11-23-40-32-13-9-10-14-36(32)43-37-25-29(17-20-33(37)40)15-16-30-18-21-34-38(26-30)44-39-27-31(28-42)19-22-35(39)41(34)24-12-8-6-4-2/h9-10,13-22,25-28H,3-8,11-12,23-24H2,1-2H3/b16-15+. The molecule has 226 valence electrons. The third-order valence-electron chi connectivity index (χ3n) is 8.49. The zero-order chi connectivity index (χ0) is 30.3. The van der Waals surface area contributed by atoms with Crippen molar-refractivity contribution in [1.29, 1.82) is 0 Å². The minimum atomic E-state index is 0.731. The number of para-hydroxylation sites is 1. The second-order valence-electron chi connectivity index (χ2n) is 11.7. The summed E-state index contributed by atoms with van der Waals surface area (Å²) in [4.78, 5) is 21.6. The van der Waals surface area contributed by atoms with Crippen LogP contribution in [0, 0.1) is 0 Å². The molecule has 0 atom stereocenters. The lowest BCUT2D eigenvalue weighted by molar-refractivity contribution is 0.112. The smallest absolute Gasteiger partial charge is 0.150 e. The van der Waals surface area contributed by atoms with E-state index in [2.05, 4.69) is 103 Å². The molecule has 2 aliphatic rings. The van der Waals surface area contributed by atoms with Gasteiger partial charge < -0.3 is 9.80 Å². The van der Waals surface area contributed by atoms with E-state index in [9.17, 15) is 4.79 Å². The van der Waals surface area contributed by atoms with Crippen LogP contribution in [0.2, 0.25) is 0 Å². The number of carbonyl (C=O) groups is 1. The molecule has 0 bridgehead atoms. The van der Waals surface area contributed by atoms with E-state index in [1.807, 2.05) is 23.9 Å². The molecule has 0 saturated carbocycles. The molecule has 5 heteroatoms. The van der Waals surface area contributed by atoms with Gasteiger partial charge >= 0.3 is 0 Å². The Hall–Kier alpha value is -3.41. The third-order valence-corrected chi connectivity index (χ3v) is 10.7. The van der Waals surface area contributed by atoms with Gasteiger partial charge in [0.1, 0.15) is 6.29 Å². The molecule has 3 nitrogen and oxygen atoms in total. The molecule has 0 aromatic heterocycles. The Labute approximate surface area is 271 Å². The van der Waals surface area contributed by atoms with E-state index < -0.39 is 0 Å². The summed E-state index contributed by atoms with van der Waals surface area (Å²) in [5, 5.41) is 0. The van der Waals surface area contributed by atoms with Crippen molar-refractivity contribution in [2.24, 2.45) is 0 Å². The lowest BCUT2D eigenvalue weighted by Crippen LogP contribution is -2.22. The van der Waals surface area contributed by atoms with Gasteiger partial charge in [0.2, 0.25) is 0 Å². The zero-order valence-corrected chi connectivity index (χ0v) is 27.6. The molecule has 44 heavy (non-hydrogen) atoms. The van der Waals surface area contributed by atoms with Crippen LogP contribution in [0.1, 0.15) is 86.7 Å². The fourth-order valence-electron chi connectivity index (χ4n) is 6.12. The Morgan fingerprint density at radius 3 is 1.50 bits per heavy atom. The number of nitrogens with zero attached hydrogens (tertiary/aromatic N) is 2. The van der Waals surface area contributed by atoms with Crippen LogP contribution in [0.3, 0.4) is 0 Å². The summed E-state index contributed by atoms with van der Waals surface area (Å²) < 4.78 is 0. The van der Waals surface area contributed by atoms with Crippen LogP contribution in [0.25, 0.3) is 12.2 Å². The lowest BCUT2D eigenvalue weighted by Gasteiger charge is -2.33. The first-order valence-electron chi connectivity index (χ1n) is 16.2. The molecule has 4 aromatic rings. The summed E-state index contributed by atoms with van der Waals surface area (Å²) in [6, 6.07) is 28.6. The highest BCUT2D eigenvalue weighted by atomic mass is 32.2. The summed E-state index contributed by atoms with van der Waals surface area (Å²) >= 11 is 3.65. The number of rotatable bonds is 13. The Kier molecular flexibility index (Phi) is 10.1. The van der Waals surface area contributed by atoms with Gasteiger partial charge in [0.15, 0.2) is 0 Å². The second kappa shape index (κ2) is 14.6. The van der Waals surface area contributed by atoms with Crippen LogP contribution in [0.15, 0.2) is 98.4 Å². The van der Waals surface area contributed by atoms with E-state index in [1.165, 1.54) is 93.5 Å². The van der Waals surface area contributed by atoms with Gasteiger partial charge in [-0.3, -0.25) is 4.79 Å². The first kappa shape index (κ1) is 30.6. The molecule has 0 radical (unpaired) electrons. The SMILES string of the molecule is CCCCCCN1c2ccccc2Sc2cc(/C=C/c3ccc4c(c3)Sc3cc(C=O)ccc3N4CCCCCC)ccc21. The number of hydrogen-bond acceptors (Lipinski definition) is 5. The fourth-order valence-corrected chi connectivity index (χ4v) is 8.45. The molecule has 6 rings (SSSR count). The summed E-state index contributed by atoms with van der Waals surface area (Å²) in [5.74, 6) is 0. The predicted molar refractivity (Wildman–Crippen MR) is 191 cm³/mol. The van der Waals surface area contributed by atoms with Gasteiger partial charge in [-0.1, -0.05) is 112 Å². The van der Waals surface area contributed by atoms with E-state index in [4.69, 9.17) is 0 Å². The highest BCUT2D eigenvalue weighted by Gasteiger charge is 2.25.